The molecular formula is C10H12O4S. The fraction of sp³-hybridized carbons (Fsp3) is 0.300. The first-order chi connectivity index (χ1) is 6.73. The summed E-state index contributed by atoms with van der Waals surface area (Å²) in [4.78, 5) is 10.7. The van der Waals surface area contributed by atoms with Crippen LogP contribution in [-0.4, -0.2) is 25.7 Å². The Kier molecular flexibility index (Phi) is 2.86. The van der Waals surface area contributed by atoms with Gasteiger partial charge >= 0.3 is 5.97 Å². The number of aromatic carboxylic acids is 1. The van der Waals surface area contributed by atoms with Crippen molar-refractivity contribution in [1.82, 2.24) is 0 Å². The van der Waals surface area contributed by atoms with Crippen LogP contribution in [0.1, 0.15) is 21.5 Å². The highest BCUT2D eigenvalue weighted by atomic mass is 32.2. The molecule has 1 rings (SSSR count). The highest BCUT2D eigenvalue weighted by molar-refractivity contribution is 7.90. The zero-order valence-electron chi connectivity index (χ0n) is 8.73. The van der Waals surface area contributed by atoms with Gasteiger partial charge in [-0.1, -0.05) is 0 Å². The van der Waals surface area contributed by atoms with Crippen molar-refractivity contribution in [2.45, 2.75) is 18.7 Å². The normalized spacial score (nSPS) is 11.4. The van der Waals surface area contributed by atoms with Crippen molar-refractivity contribution in [3.05, 3.63) is 28.8 Å². The van der Waals surface area contributed by atoms with Crippen LogP contribution in [0.5, 0.6) is 0 Å². The van der Waals surface area contributed by atoms with E-state index in [1.807, 2.05) is 0 Å². The monoisotopic (exact) mass is 228 g/mol. The van der Waals surface area contributed by atoms with Crippen LogP contribution in [-0.2, 0) is 9.84 Å². The predicted molar refractivity (Wildman–Crippen MR) is 56.0 cm³/mol. The Hall–Kier alpha value is -1.36. The molecule has 0 unspecified atom stereocenters. The summed E-state index contributed by atoms with van der Waals surface area (Å²) >= 11 is 0. The van der Waals surface area contributed by atoms with Crippen LogP contribution < -0.4 is 0 Å². The standard InChI is InChI=1S/C10H12O4S/c1-6-4-8(10(11)12)9(5-7(6)2)15(3,13)14/h4-5H,1-3H3,(H,11,12). The summed E-state index contributed by atoms with van der Waals surface area (Å²) < 4.78 is 22.7. The first kappa shape index (κ1) is 11.7. The molecule has 0 radical (unpaired) electrons. The van der Waals surface area contributed by atoms with Gasteiger partial charge in [0.1, 0.15) is 0 Å². The Morgan fingerprint density at radius 3 is 2.07 bits per heavy atom. The second-order valence-electron chi connectivity index (χ2n) is 3.51. The van der Waals surface area contributed by atoms with Crippen molar-refractivity contribution >= 4 is 15.8 Å². The second-order valence-corrected chi connectivity index (χ2v) is 5.49. The zero-order valence-corrected chi connectivity index (χ0v) is 9.55. The molecule has 0 spiro atoms. The molecular weight excluding hydrogens is 216 g/mol. The van der Waals surface area contributed by atoms with E-state index in [2.05, 4.69) is 0 Å². The van der Waals surface area contributed by atoms with Crippen molar-refractivity contribution in [2.75, 3.05) is 6.26 Å². The number of carboxylic acids is 1. The average Bonchev–Trinajstić information content (AvgIpc) is 2.06. The van der Waals surface area contributed by atoms with Crippen LogP contribution >= 0.6 is 0 Å². The maximum atomic E-state index is 11.4. The summed E-state index contributed by atoms with van der Waals surface area (Å²) in [6, 6.07) is 2.78. The SMILES string of the molecule is Cc1cc(C(=O)O)c(S(C)(=O)=O)cc1C. The molecule has 0 amide bonds. The van der Waals surface area contributed by atoms with Gasteiger partial charge in [0.15, 0.2) is 9.84 Å². The van der Waals surface area contributed by atoms with Crippen LogP contribution in [0, 0.1) is 13.8 Å². The van der Waals surface area contributed by atoms with Crippen molar-refractivity contribution < 1.29 is 18.3 Å². The number of carbonyl (C=O) groups is 1. The number of benzene rings is 1. The molecule has 0 aliphatic heterocycles. The highest BCUT2D eigenvalue weighted by Gasteiger charge is 2.19. The fourth-order valence-electron chi connectivity index (χ4n) is 1.26. The summed E-state index contributed by atoms with van der Waals surface area (Å²) in [7, 11) is -3.50. The van der Waals surface area contributed by atoms with Gasteiger partial charge in [0.25, 0.3) is 0 Å². The lowest BCUT2D eigenvalue weighted by Gasteiger charge is -2.07. The minimum absolute atomic E-state index is 0.127. The van der Waals surface area contributed by atoms with Gasteiger partial charge in [0.2, 0.25) is 0 Å². The van der Waals surface area contributed by atoms with Gasteiger partial charge in [-0.3, -0.25) is 0 Å². The Morgan fingerprint density at radius 2 is 1.67 bits per heavy atom. The number of hydrogen-bond donors (Lipinski definition) is 1. The number of sulfone groups is 1. The highest BCUT2D eigenvalue weighted by Crippen LogP contribution is 2.20. The molecule has 1 N–H and O–H groups in total. The maximum Gasteiger partial charge on any atom is 0.337 e. The molecule has 15 heavy (non-hydrogen) atoms. The van der Waals surface area contributed by atoms with E-state index in [1.54, 1.807) is 13.8 Å². The van der Waals surface area contributed by atoms with Gasteiger partial charge in [-0.15, -0.1) is 0 Å². The fourth-order valence-corrected chi connectivity index (χ4v) is 2.20. The lowest BCUT2D eigenvalue weighted by molar-refractivity contribution is 0.0692. The topological polar surface area (TPSA) is 71.4 Å². The van der Waals surface area contributed by atoms with Crippen LogP contribution in [0.2, 0.25) is 0 Å². The molecule has 4 nitrogen and oxygen atoms in total. The Bertz CT molecular complexity index is 514. The summed E-state index contributed by atoms with van der Waals surface area (Å²) in [6.07, 6.45) is 1.00. The van der Waals surface area contributed by atoms with E-state index in [0.717, 1.165) is 17.4 Å². The van der Waals surface area contributed by atoms with Gasteiger partial charge in [-0.2, -0.15) is 0 Å². The molecule has 0 fully saturated rings. The molecule has 0 saturated heterocycles. The molecule has 0 aliphatic carbocycles. The maximum absolute atomic E-state index is 11.4. The smallest absolute Gasteiger partial charge is 0.337 e. The van der Waals surface area contributed by atoms with Crippen LogP contribution in [0.25, 0.3) is 0 Å². The molecule has 0 bridgehead atoms. The average molecular weight is 228 g/mol. The minimum atomic E-state index is -3.50. The van der Waals surface area contributed by atoms with Gasteiger partial charge in [-0.25, -0.2) is 13.2 Å². The van der Waals surface area contributed by atoms with Crippen LogP contribution in [0.4, 0.5) is 0 Å². The summed E-state index contributed by atoms with van der Waals surface area (Å²) in [5, 5.41) is 8.88. The Balaban J connectivity index is 3.64. The van der Waals surface area contributed by atoms with Gasteiger partial charge < -0.3 is 5.11 Å². The number of rotatable bonds is 2. The summed E-state index contributed by atoms with van der Waals surface area (Å²) in [5.41, 5.74) is 1.36. The van der Waals surface area contributed by atoms with Crippen molar-refractivity contribution in [2.24, 2.45) is 0 Å². The quantitative estimate of drug-likeness (QED) is 0.830. The summed E-state index contributed by atoms with van der Waals surface area (Å²) in [6.45, 7) is 3.49. The minimum Gasteiger partial charge on any atom is -0.478 e. The van der Waals surface area contributed by atoms with E-state index in [4.69, 9.17) is 5.11 Å². The van der Waals surface area contributed by atoms with Crippen molar-refractivity contribution in [1.29, 1.82) is 0 Å². The van der Waals surface area contributed by atoms with Crippen molar-refractivity contribution in [3.8, 4) is 0 Å². The van der Waals surface area contributed by atoms with Crippen LogP contribution in [0.15, 0.2) is 17.0 Å². The number of carboxylic acid groups (broad SMARTS) is 1. The van der Waals surface area contributed by atoms with Crippen LogP contribution in [0.3, 0.4) is 0 Å². The predicted octanol–water partition coefficient (Wildman–Crippen LogP) is 1.41. The first-order valence-electron chi connectivity index (χ1n) is 4.28. The molecule has 0 aromatic heterocycles. The van der Waals surface area contributed by atoms with E-state index >= 15 is 0 Å². The van der Waals surface area contributed by atoms with E-state index in [0.29, 0.717) is 0 Å². The Labute approximate surface area is 88.5 Å². The molecule has 0 heterocycles. The van der Waals surface area contributed by atoms with E-state index < -0.39 is 15.8 Å². The molecule has 0 saturated carbocycles. The third-order valence-electron chi connectivity index (χ3n) is 2.23. The molecule has 0 atom stereocenters. The molecule has 82 valence electrons. The van der Waals surface area contributed by atoms with E-state index in [-0.39, 0.29) is 10.5 Å². The third-order valence-corrected chi connectivity index (χ3v) is 3.36. The van der Waals surface area contributed by atoms with E-state index in [1.165, 1.54) is 12.1 Å². The van der Waals surface area contributed by atoms with Gasteiger partial charge in [0.05, 0.1) is 10.5 Å². The first-order valence-corrected chi connectivity index (χ1v) is 6.17. The summed E-state index contributed by atoms with van der Waals surface area (Å²) in [5.74, 6) is -1.22. The zero-order chi connectivity index (χ0) is 11.8. The van der Waals surface area contributed by atoms with Gasteiger partial charge in [-0.05, 0) is 37.1 Å². The second kappa shape index (κ2) is 3.66. The lowest BCUT2D eigenvalue weighted by atomic mass is 10.1. The third kappa shape index (κ3) is 2.36. The number of aryl methyl sites for hydroxylation is 2. The van der Waals surface area contributed by atoms with Gasteiger partial charge in [0, 0.05) is 6.26 Å². The molecule has 1 aromatic carbocycles. The largest absolute Gasteiger partial charge is 0.478 e. The van der Waals surface area contributed by atoms with Crippen molar-refractivity contribution in [3.63, 3.8) is 0 Å². The molecule has 1 aromatic rings. The Morgan fingerprint density at radius 1 is 1.20 bits per heavy atom. The molecule has 5 heteroatoms. The number of hydrogen-bond acceptors (Lipinski definition) is 3. The molecule has 0 aliphatic rings. The van der Waals surface area contributed by atoms with E-state index in [9.17, 15) is 13.2 Å². The lowest BCUT2D eigenvalue weighted by Crippen LogP contribution is -2.08.